The van der Waals surface area contributed by atoms with Crippen LogP contribution >= 0.6 is 0 Å². The zero-order valence-electron chi connectivity index (χ0n) is 13.4. The van der Waals surface area contributed by atoms with E-state index in [4.69, 9.17) is 10.5 Å². The Kier molecular flexibility index (Phi) is 5.03. The van der Waals surface area contributed by atoms with Crippen molar-refractivity contribution in [2.24, 2.45) is 5.73 Å². The minimum atomic E-state index is 0.279. The second-order valence-electron chi connectivity index (χ2n) is 5.88. The summed E-state index contributed by atoms with van der Waals surface area (Å²) < 4.78 is 5.51. The van der Waals surface area contributed by atoms with E-state index < -0.39 is 0 Å². The first-order chi connectivity index (χ1) is 10.0. The largest absolute Gasteiger partial charge is 0.496 e. The van der Waals surface area contributed by atoms with E-state index in [9.17, 15) is 0 Å². The topological polar surface area (TPSA) is 35.2 Å². The SMILES string of the molecule is COc1ccc(C)cc1C(CN)Cc1cc(C)cc(C)c1. The van der Waals surface area contributed by atoms with Crippen LogP contribution in [0.25, 0.3) is 0 Å². The lowest BCUT2D eigenvalue weighted by atomic mass is 9.89. The number of ether oxygens (including phenoxy) is 1. The van der Waals surface area contributed by atoms with Gasteiger partial charge in [0.05, 0.1) is 7.11 Å². The van der Waals surface area contributed by atoms with Crippen LogP contribution in [0.1, 0.15) is 33.7 Å². The summed E-state index contributed by atoms with van der Waals surface area (Å²) in [6.45, 7) is 7.00. The van der Waals surface area contributed by atoms with Crippen molar-refractivity contribution in [3.8, 4) is 5.75 Å². The van der Waals surface area contributed by atoms with E-state index in [0.717, 1.165) is 12.2 Å². The second kappa shape index (κ2) is 6.77. The Morgan fingerprint density at radius 1 is 0.952 bits per heavy atom. The molecule has 21 heavy (non-hydrogen) atoms. The molecule has 2 rings (SSSR count). The van der Waals surface area contributed by atoms with Gasteiger partial charge in [0.15, 0.2) is 0 Å². The fourth-order valence-electron chi connectivity index (χ4n) is 2.96. The van der Waals surface area contributed by atoms with Crippen molar-refractivity contribution in [3.63, 3.8) is 0 Å². The Morgan fingerprint density at radius 3 is 2.19 bits per heavy atom. The molecule has 2 heteroatoms. The van der Waals surface area contributed by atoms with Gasteiger partial charge in [0.25, 0.3) is 0 Å². The molecule has 0 bridgehead atoms. The van der Waals surface area contributed by atoms with E-state index in [2.05, 4.69) is 51.1 Å². The highest BCUT2D eigenvalue weighted by atomic mass is 16.5. The summed E-state index contributed by atoms with van der Waals surface area (Å²) in [5, 5.41) is 0. The second-order valence-corrected chi connectivity index (χ2v) is 5.88. The molecule has 0 aliphatic carbocycles. The Labute approximate surface area is 127 Å². The first-order valence-electron chi connectivity index (χ1n) is 7.45. The maximum atomic E-state index is 6.05. The third kappa shape index (κ3) is 3.85. The minimum absolute atomic E-state index is 0.279. The van der Waals surface area contributed by atoms with Crippen LogP contribution in [-0.4, -0.2) is 13.7 Å². The van der Waals surface area contributed by atoms with Gasteiger partial charge >= 0.3 is 0 Å². The summed E-state index contributed by atoms with van der Waals surface area (Å²) in [7, 11) is 1.72. The average molecular weight is 283 g/mol. The van der Waals surface area contributed by atoms with Crippen LogP contribution < -0.4 is 10.5 Å². The summed E-state index contributed by atoms with van der Waals surface area (Å²) in [4.78, 5) is 0. The molecule has 0 radical (unpaired) electrons. The van der Waals surface area contributed by atoms with Crippen molar-refractivity contribution in [2.75, 3.05) is 13.7 Å². The van der Waals surface area contributed by atoms with Crippen LogP contribution in [0.4, 0.5) is 0 Å². The van der Waals surface area contributed by atoms with Gasteiger partial charge in [-0.1, -0.05) is 47.0 Å². The van der Waals surface area contributed by atoms with Crippen molar-refractivity contribution in [3.05, 3.63) is 64.2 Å². The summed E-state index contributed by atoms with van der Waals surface area (Å²) in [5.74, 6) is 1.21. The molecule has 0 aromatic heterocycles. The van der Waals surface area contributed by atoms with Crippen LogP contribution in [0.5, 0.6) is 5.75 Å². The molecule has 1 atom stereocenters. The van der Waals surface area contributed by atoms with Gasteiger partial charge in [0, 0.05) is 5.92 Å². The van der Waals surface area contributed by atoms with Gasteiger partial charge in [-0.25, -0.2) is 0 Å². The van der Waals surface area contributed by atoms with E-state index >= 15 is 0 Å². The number of hydrogen-bond donors (Lipinski definition) is 1. The van der Waals surface area contributed by atoms with E-state index in [1.54, 1.807) is 7.11 Å². The number of rotatable bonds is 5. The highest BCUT2D eigenvalue weighted by molar-refractivity contribution is 5.41. The number of hydrogen-bond acceptors (Lipinski definition) is 2. The zero-order valence-corrected chi connectivity index (χ0v) is 13.4. The van der Waals surface area contributed by atoms with Crippen molar-refractivity contribution >= 4 is 0 Å². The number of benzene rings is 2. The van der Waals surface area contributed by atoms with Gasteiger partial charge in [-0.3, -0.25) is 0 Å². The van der Waals surface area contributed by atoms with Crippen LogP contribution in [0.2, 0.25) is 0 Å². The molecule has 2 aromatic carbocycles. The quantitative estimate of drug-likeness (QED) is 0.903. The van der Waals surface area contributed by atoms with Crippen molar-refractivity contribution in [1.29, 1.82) is 0 Å². The molecule has 0 heterocycles. The first kappa shape index (κ1) is 15.6. The molecule has 0 saturated heterocycles. The molecule has 0 amide bonds. The number of methoxy groups -OCH3 is 1. The third-order valence-electron chi connectivity index (χ3n) is 3.87. The van der Waals surface area contributed by atoms with Gasteiger partial charge in [-0.15, -0.1) is 0 Å². The van der Waals surface area contributed by atoms with Gasteiger partial charge in [0.2, 0.25) is 0 Å². The zero-order chi connectivity index (χ0) is 15.4. The van der Waals surface area contributed by atoms with Crippen molar-refractivity contribution in [2.45, 2.75) is 33.1 Å². The predicted octanol–water partition coefficient (Wildman–Crippen LogP) is 3.91. The molecule has 0 fully saturated rings. The lowest BCUT2D eigenvalue weighted by molar-refractivity contribution is 0.405. The molecule has 112 valence electrons. The van der Waals surface area contributed by atoms with Crippen LogP contribution in [-0.2, 0) is 6.42 Å². The Bertz CT molecular complexity index is 599. The normalized spacial score (nSPS) is 12.2. The van der Waals surface area contributed by atoms with Gasteiger partial charge < -0.3 is 10.5 Å². The Hall–Kier alpha value is -1.80. The van der Waals surface area contributed by atoms with Crippen LogP contribution in [0.15, 0.2) is 36.4 Å². The maximum Gasteiger partial charge on any atom is 0.122 e. The smallest absolute Gasteiger partial charge is 0.122 e. The Morgan fingerprint density at radius 2 is 1.62 bits per heavy atom. The van der Waals surface area contributed by atoms with Crippen LogP contribution in [0, 0.1) is 20.8 Å². The molecule has 2 aromatic rings. The van der Waals surface area contributed by atoms with E-state index in [-0.39, 0.29) is 5.92 Å². The Balaban J connectivity index is 2.33. The van der Waals surface area contributed by atoms with Crippen LogP contribution in [0.3, 0.4) is 0 Å². The molecule has 2 nitrogen and oxygen atoms in total. The first-order valence-corrected chi connectivity index (χ1v) is 7.45. The van der Waals surface area contributed by atoms with E-state index in [1.165, 1.54) is 27.8 Å². The third-order valence-corrected chi connectivity index (χ3v) is 3.87. The summed E-state index contributed by atoms with van der Waals surface area (Å²) in [6, 6.07) is 13.0. The molecule has 2 N–H and O–H groups in total. The summed E-state index contributed by atoms with van der Waals surface area (Å²) >= 11 is 0. The molecular weight excluding hydrogens is 258 g/mol. The fraction of sp³-hybridized carbons (Fsp3) is 0.368. The van der Waals surface area contributed by atoms with Gasteiger partial charge in [0.1, 0.15) is 5.75 Å². The highest BCUT2D eigenvalue weighted by Crippen LogP contribution is 2.30. The summed E-state index contributed by atoms with van der Waals surface area (Å²) in [6.07, 6.45) is 0.943. The number of aryl methyl sites for hydroxylation is 3. The van der Waals surface area contributed by atoms with E-state index in [0.29, 0.717) is 6.54 Å². The van der Waals surface area contributed by atoms with Gasteiger partial charge in [-0.05, 0) is 50.9 Å². The molecule has 0 saturated carbocycles. The monoisotopic (exact) mass is 283 g/mol. The highest BCUT2D eigenvalue weighted by Gasteiger charge is 2.16. The summed E-state index contributed by atoms with van der Waals surface area (Å²) in [5.41, 5.74) is 12.4. The molecule has 0 aliphatic rings. The van der Waals surface area contributed by atoms with Crippen molar-refractivity contribution < 1.29 is 4.74 Å². The lowest BCUT2D eigenvalue weighted by Crippen LogP contribution is -2.16. The van der Waals surface area contributed by atoms with Gasteiger partial charge in [-0.2, -0.15) is 0 Å². The molecule has 0 spiro atoms. The standard InChI is InChI=1S/C19H25NO/c1-13-5-6-19(21-4)18(10-13)17(12-20)11-16-8-14(2)7-15(3)9-16/h5-10,17H,11-12,20H2,1-4H3. The minimum Gasteiger partial charge on any atom is -0.496 e. The average Bonchev–Trinajstić information content (AvgIpc) is 2.43. The van der Waals surface area contributed by atoms with E-state index in [1.807, 2.05) is 6.07 Å². The van der Waals surface area contributed by atoms with Crippen molar-refractivity contribution in [1.82, 2.24) is 0 Å². The lowest BCUT2D eigenvalue weighted by Gasteiger charge is -2.19. The molecular formula is C19H25NO. The molecule has 1 unspecified atom stereocenters. The number of nitrogens with two attached hydrogens (primary N) is 1. The molecule has 0 aliphatic heterocycles. The predicted molar refractivity (Wildman–Crippen MR) is 89.1 cm³/mol. The maximum absolute atomic E-state index is 6.05. The fourth-order valence-corrected chi connectivity index (χ4v) is 2.96.